The number of carbonyl (C=O) groups is 1. The van der Waals surface area contributed by atoms with E-state index in [9.17, 15) is 35.2 Å². The molecule has 0 atom stereocenters. The summed E-state index contributed by atoms with van der Waals surface area (Å²) in [6.07, 6.45) is -4.80. The first-order chi connectivity index (χ1) is 15.7. The van der Waals surface area contributed by atoms with Crippen LogP contribution in [-0.2, 0) is 16.2 Å². The van der Waals surface area contributed by atoms with Crippen molar-refractivity contribution in [1.82, 2.24) is 9.21 Å². The van der Waals surface area contributed by atoms with Crippen LogP contribution in [0.15, 0.2) is 18.2 Å². The molecule has 35 heavy (non-hydrogen) atoms. The van der Waals surface area contributed by atoms with E-state index in [-0.39, 0.29) is 80.4 Å². The third-order valence-corrected chi connectivity index (χ3v) is 9.19. The number of alkyl halides is 5. The third-order valence-electron chi connectivity index (χ3n) is 6.99. The van der Waals surface area contributed by atoms with Crippen molar-refractivity contribution in [2.24, 2.45) is 0 Å². The summed E-state index contributed by atoms with van der Waals surface area (Å²) < 4.78 is 92.3. The Morgan fingerprint density at radius 2 is 1.63 bits per heavy atom. The highest BCUT2D eigenvalue weighted by Gasteiger charge is 2.47. The summed E-state index contributed by atoms with van der Waals surface area (Å²) in [6, 6.07) is 2.55. The number of nitrogens with zero attached hydrogens (tertiary/aromatic N) is 2. The average molecular weight is 567 g/mol. The molecule has 1 aromatic carbocycles. The Labute approximate surface area is 213 Å². The van der Waals surface area contributed by atoms with Crippen LogP contribution in [0.25, 0.3) is 0 Å². The van der Waals surface area contributed by atoms with Crippen molar-refractivity contribution >= 4 is 39.8 Å². The molecule has 1 aliphatic carbocycles. The van der Waals surface area contributed by atoms with Gasteiger partial charge in [0, 0.05) is 56.5 Å². The summed E-state index contributed by atoms with van der Waals surface area (Å²) in [5, 5.41) is -0.303. The molecule has 0 radical (unpaired) electrons. The summed E-state index contributed by atoms with van der Waals surface area (Å²) in [4.78, 5) is 14.8. The van der Waals surface area contributed by atoms with E-state index < -0.39 is 39.0 Å². The fraction of sp³-hybridized carbons (Fsp3) is 0.682. The molecule has 0 N–H and O–H groups in total. The Balaban J connectivity index is 0.00000432. The molecule has 13 heteroatoms. The van der Waals surface area contributed by atoms with Crippen LogP contribution in [0.1, 0.15) is 61.4 Å². The van der Waals surface area contributed by atoms with Gasteiger partial charge in [-0.05, 0) is 44.4 Å². The zero-order valence-electron chi connectivity index (χ0n) is 19.2. The monoisotopic (exact) mass is 566 g/mol. The highest BCUT2D eigenvalue weighted by atomic mass is 35.5. The molecule has 2 aliphatic rings. The van der Waals surface area contributed by atoms with Gasteiger partial charge in [0.15, 0.2) is 5.78 Å². The maximum atomic E-state index is 13.9. The third kappa shape index (κ3) is 7.06. The lowest BCUT2D eigenvalue weighted by atomic mass is 9.74. The topological polar surface area (TPSA) is 57.7 Å². The van der Waals surface area contributed by atoms with E-state index in [0.717, 1.165) is 12.1 Å². The van der Waals surface area contributed by atoms with Crippen molar-refractivity contribution in [3.8, 4) is 0 Å². The molecular formula is C22H29Cl2F5N2O3S. The minimum absolute atomic E-state index is 0. The van der Waals surface area contributed by atoms with Gasteiger partial charge in [-0.3, -0.25) is 9.69 Å². The highest BCUT2D eigenvalue weighted by molar-refractivity contribution is 7.89. The van der Waals surface area contributed by atoms with Crippen LogP contribution >= 0.6 is 24.0 Å². The van der Waals surface area contributed by atoms with Crippen molar-refractivity contribution in [1.29, 1.82) is 0 Å². The number of sulfonamides is 1. The molecule has 1 saturated carbocycles. The van der Waals surface area contributed by atoms with E-state index in [2.05, 4.69) is 0 Å². The van der Waals surface area contributed by atoms with Crippen LogP contribution in [0.3, 0.4) is 0 Å². The second-order valence-corrected chi connectivity index (χ2v) is 11.6. The largest absolute Gasteiger partial charge is 0.416 e. The summed E-state index contributed by atoms with van der Waals surface area (Å²) in [6.45, 7) is 2.77. The molecule has 0 aromatic heterocycles. The fourth-order valence-electron chi connectivity index (χ4n) is 4.83. The van der Waals surface area contributed by atoms with Crippen LogP contribution in [0.5, 0.6) is 0 Å². The lowest BCUT2D eigenvalue weighted by molar-refractivity contribution is -0.137. The van der Waals surface area contributed by atoms with E-state index in [4.69, 9.17) is 11.6 Å². The first-order valence-corrected chi connectivity index (χ1v) is 13.2. The zero-order chi connectivity index (χ0) is 25.4. The van der Waals surface area contributed by atoms with Crippen LogP contribution in [-0.4, -0.2) is 66.8 Å². The molecule has 1 heterocycles. The fourth-order valence-corrected chi connectivity index (χ4v) is 6.20. The number of hydrogen-bond acceptors (Lipinski definition) is 4. The number of rotatable bonds is 7. The average Bonchev–Trinajstić information content (AvgIpc) is 2.78. The number of halogens is 7. The maximum absolute atomic E-state index is 13.9. The molecule has 2 fully saturated rings. The SMILES string of the molecule is CCS(=O)(=O)N1CCN(C2(CCC(=O)c3ccc(C(F)(F)F)cc3Cl)CCC(F)(F)CC2)CC1.Cl. The zero-order valence-corrected chi connectivity index (χ0v) is 21.6. The van der Waals surface area contributed by atoms with Crippen molar-refractivity contribution in [2.45, 2.75) is 63.1 Å². The van der Waals surface area contributed by atoms with Gasteiger partial charge in [0.05, 0.1) is 16.3 Å². The van der Waals surface area contributed by atoms with Gasteiger partial charge in [0.25, 0.3) is 0 Å². The van der Waals surface area contributed by atoms with Gasteiger partial charge < -0.3 is 0 Å². The summed E-state index contributed by atoms with van der Waals surface area (Å²) >= 11 is 5.95. The van der Waals surface area contributed by atoms with Crippen molar-refractivity contribution in [2.75, 3.05) is 31.9 Å². The molecule has 3 rings (SSSR count). The van der Waals surface area contributed by atoms with E-state index in [0.29, 0.717) is 19.2 Å². The summed E-state index contributed by atoms with van der Waals surface area (Å²) in [5.41, 5.74) is -1.71. The molecule has 1 aliphatic heterocycles. The predicted octanol–water partition coefficient (Wildman–Crippen LogP) is 5.66. The van der Waals surface area contributed by atoms with Gasteiger partial charge in [-0.2, -0.15) is 17.5 Å². The van der Waals surface area contributed by atoms with E-state index in [1.807, 2.05) is 4.90 Å². The molecule has 200 valence electrons. The van der Waals surface area contributed by atoms with Crippen molar-refractivity contribution < 1.29 is 35.2 Å². The van der Waals surface area contributed by atoms with Gasteiger partial charge >= 0.3 is 6.18 Å². The lowest BCUT2D eigenvalue weighted by Crippen LogP contribution is -2.60. The Morgan fingerprint density at radius 3 is 2.11 bits per heavy atom. The normalized spacial score (nSPS) is 21.3. The number of hydrogen-bond donors (Lipinski definition) is 0. The number of ketones is 1. The first kappa shape index (κ1) is 30.2. The van der Waals surface area contributed by atoms with Crippen LogP contribution < -0.4 is 0 Å². The Morgan fingerprint density at radius 1 is 1.06 bits per heavy atom. The molecule has 1 saturated heterocycles. The Kier molecular flexibility index (Phi) is 9.64. The molecule has 0 bridgehead atoms. The second-order valence-electron chi connectivity index (χ2n) is 8.98. The van der Waals surface area contributed by atoms with Crippen LogP contribution in [0.2, 0.25) is 5.02 Å². The standard InChI is InChI=1S/C22H28ClF5N2O3S.ClH/c1-2-34(32,33)30-13-11-29(12-14-30)20(7-9-21(24,25)10-8-20)6-5-19(31)17-4-3-16(15-18(17)23)22(26,27)28;/h3-4,15H,2,5-14H2,1H3;1H. The molecule has 0 unspecified atom stereocenters. The summed E-state index contributed by atoms with van der Waals surface area (Å²) in [5.74, 6) is -3.27. The van der Waals surface area contributed by atoms with Gasteiger partial charge in [0.1, 0.15) is 0 Å². The second kappa shape index (κ2) is 11.2. The quantitative estimate of drug-likeness (QED) is 0.315. The van der Waals surface area contributed by atoms with E-state index >= 15 is 0 Å². The molecule has 1 aromatic rings. The number of Topliss-reactive ketones (excluding diaryl/α,β-unsaturated/α-hetero) is 1. The van der Waals surface area contributed by atoms with Crippen molar-refractivity contribution in [3.63, 3.8) is 0 Å². The lowest BCUT2D eigenvalue weighted by Gasteiger charge is -2.51. The van der Waals surface area contributed by atoms with Gasteiger partial charge in [-0.15, -0.1) is 12.4 Å². The van der Waals surface area contributed by atoms with E-state index in [1.54, 1.807) is 6.92 Å². The molecule has 0 spiro atoms. The highest BCUT2D eigenvalue weighted by Crippen LogP contribution is 2.44. The Hall–Kier alpha value is -1.01. The minimum Gasteiger partial charge on any atom is -0.295 e. The number of carbonyl (C=O) groups excluding carboxylic acids is 1. The van der Waals surface area contributed by atoms with Gasteiger partial charge in [-0.25, -0.2) is 17.2 Å². The molecule has 0 amide bonds. The van der Waals surface area contributed by atoms with Gasteiger partial charge in [0.2, 0.25) is 15.9 Å². The number of benzene rings is 1. The molecular weight excluding hydrogens is 538 g/mol. The Bertz CT molecular complexity index is 1000. The molecule has 5 nitrogen and oxygen atoms in total. The number of piperazine rings is 1. The van der Waals surface area contributed by atoms with Crippen molar-refractivity contribution in [3.05, 3.63) is 34.3 Å². The first-order valence-electron chi connectivity index (χ1n) is 11.2. The smallest absolute Gasteiger partial charge is 0.295 e. The maximum Gasteiger partial charge on any atom is 0.416 e. The minimum atomic E-state index is -4.59. The van der Waals surface area contributed by atoms with E-state index in [1.165, 1.54) is 4.31 Å². The van der Waals surface area contributed by atoms with Gasteiger partial charge in [-0.1, -0.05) is 11.6 Å². The summed E-state index contributed by atoms with van der Waals surface area (Å²) in [7, 11) is -3.36. The predicted molar refractivity (Wildman–Crippen MR) is 126 cm³/mol. The van der Waals surface area contributed by atoms with Crippen LogP contribution in [0, 0.1) is 0 Å². The van der Waals surface area contributed by atoms with Crippen LogP contribution in [0.4, 0.5) is 22.0 Å².